The van der Waals surface area contributed by atoms with E-state index in [0.29, 0.717) is 18.7 Å². The Hall–Kier alpha value is -3.64. The van der Waals surface area contributed by atoms with E-state index in [1.54, 1.807) is 0 Å². The summed E-state index contributed by atoms with van der Waals surface area (Å²) in [5.41, 5.74) is 11.0. The Balaban J connectivity index is 2.07. The molecule has 188 valence electrons. The van der Waals surface area contributed by atoms with Crippen LogP contribution in [0, 0.1) is 0 Å². The van der Waals surface area contributed by atoms with E-state index in [4.69, 9.17) is 10.2 Å². The Morgan fingerprint density at radius 3 is 2.39 bits per heavy atom. The smallest absolute Gasteiger partial charge is 0.251 e. The summed E-state index contributed by atoms with van der Waals surface area (Å²) in [5, 5.41) is 5.03. The Morgan fingerprint density at radius 2 is 1.69 bits per heavy atom. The van der Waals surface area contributed by atoms with E-state index < -0.39 is 0 Å². The highest BCUT2D eigenvalue weighted by atomic mass is 16.3. The molecule has 0 bridgehead atoms. The predicted octanol–water partition coefficient (Wildman–Crippen LogP) is 4.55. The molecular formula is C30H37N4O2+. The molecule has 0 unspecified atom stereocenters. The van der Waals surface area contributed by atoms with Crippen LogP contribution in [-0.2, 0) is 0 Å². The van der Waals surface area contributed by atoms with Gasteiger partial charge in [0.1, 0.15) is 24.4 Å². The standard InChI is InChI=1S/C30H36N4O2/c1-5-33(6-2)21-13-15-25-27(19-21)36-28-20-22(34(7-3)8-4)14-16-26(28)29(25)23-11-9-10-12-24(23)30(35)32-18-17-31/h9-16,19-20H,5-8,17-18,31H2,1-4H3/p+1. The molecule has 0 fully saturated rings. The summed E-state index contributed by atoms with van der Waals surface area (Å²) in [6.07, 6.45) is 0. The van der Waals surface area contributed by atoms with E-state index in [1.165, 1.54) is 0 Å². The molecule has 0 atom stereocenters. The SMILES string of the molecule is CCN(CC)c1ccc2c(-c3ccccc3C(=O)NCCN)c3ccc(=[N+](CC)CC)cc-3oc2c1. The van der Waals surface area contributed by atoms with Crippen molar-refractivity contribution in [3.63, 3.8) is 0 Å². The van der Waals surface area contributed by atoms with Gasteiger partial charge in [-0.15, -0.1) is 0 Å². The quantitative estimate of drug-likeness (QED) is 0.269. The van der Waals surface area contributed by atoms with Crippen molar-refractivity contribution in [3.05, 3.63) is 71.6 Å². The molecule has 1 heterocycles. The van der Waals surface area contributed by atoms with E-state index in [9.17, 15) is 4.79 Å². The Labute approximate surface area is 213 Å². The first-order valence-electron chi connectivity index (χ1n) is 13.0. The summed E-state index contributed by atoms with van der Waals surface area (Å²) >= 11 is 0. The van der Waals surface area contributed by atoms with Gasteiger partial charge in [0.05, 0.1) is 6.07 Å². The minimum Gasteiger partial charge on any atom is -0.456 e. The number of amides is 1. The Bertz CT molecular complexity index is 1400. The highest BCUT2D eigenvalue weighted by Crippen LogP contribution is 2.42. The van der Waals surface area contributed by atoms with Gasteiger partial charge in [0.25, 0.3) is 5.91 Å². The van der Waals surface area contributed by atoms with Crippen molar-refractivity contribution in [2.24, 2.45) is 5.73 Å². The molecule has 1 aliphatic carbocycles. The maximum atomic E-state index is 13.1. The third-order valence-electron chi connectivity index (χ3n) is 6.82. The van der Waals surface area contributed by atoms with Crippen LogP contribution in [0.2, 0.25) is 0 Å². The molecular weight excluding hydrogens is 448 g/mol. The molecule has 36 heavy (non-hydrogen) atoms. The number of nitrogens with two attached hydrogens (primary N) is 1. The average molecular weight is 486 g/mol. The third-order valence-corrected chi connectivity index (χ3v) is 6.82. The number of hydrogen-bond donors (Lipinski definition) is 2. The van der Waals surface area contributed by atoms with Gasteiger partial charge < -0.3 is 20.4 Å². The average Bonchev–Trinajstić information content (AvgIpc) is 2.91. The van der Waals surface area contributed by atoms with Gasteiger partial charge in [0.2, 0.25) is 5.36 Å². The number of hydrogen-bond acceptors (Lipinski definition) is 4. The van der Waals surface area contributed by atoms with Crippen LogP contribution in [0.25, 0.3) is 33.4 Å². The zero-order valence-electron chi connectivity index (χ0n) is 21.8. The fraction of sp³-hybridized carbons (Fsp3) is 0.333. The number of fused-ring (bicyclic) bond motifs is 2. The van der Waals surface area contributed by atoms with Gasteiger partial charge in [-0.1, -0.05) is 18.2 Å². The molecule has 0 saturated heterocycles. The van der Waals surface area contributed by atoms with Gasteiger partial charge in [-0.3, -0.25) is 4.79 Å². The van der Waals surface area contributed by atoms with E-state index >= 15 is 0 Å². The summed E-state index contributed by atoms with van der Waals surface area (Å²) < 4.78 is 8.87. The maximum absolute atomic E-state index is 13.1. The van der Waals surface area contributed by atoms with Crippen LogP contribution in [0.5, 0.6) is 0 Å². The van der Waals surface area contributed by atoms with Gasteiger partial charge in [-0.2, -0.15) is 0 Å². The van der Waals surface area contributed by atoms with Gasteiger partial charge in [-0.25, -0.2) is 4.58 Å². The van der Waals surface area contributed by atoms with Gasteiger partial charge in [-0.05, 0) is 57.5 Å². The summed E-state index contributed by atoms with van der Waals surface area (Å²) in [6, 6.07) is 20.5. The molecule has 2 aromatic rings. The van der Waals surface area contributed by atoms with Gasteiger partial charge in [0, 0.05) is 66.1 Å². The molecule has 6 nitrogen and oxygen atoms in total. The molecule has 0 saturated carbocycles. The summed E-state index contributed by atoms with van der Waals surface area (Å²) in [5.74, 6) is 0.674. The zero-order chi connectivity index (χ0) is 25.7. The summed E-state index contributed by atoms with van der Waals surface area (Å²) in [7, 11) is 0. The predicted molar refractivity (Wildman–Crippen MR) is 150 cm³/mol. The van der Waals surface area contributed by atoms with Crippen molar-refractivity contribution < 1.29 is 9.21 Å². The van der Waals surface area contributed by atoms with Crippen molar-refractivity contribution in [1.82, 2.24) is 9.89 Å². The topological polar surface area (TPSA) is 74.5 Å². The first-order valence-corrected chi connectivity index (χ1v) is 13.0. The molecule has 4 rings (SSSR count). The lowest BCUT2D eigenvalue weighted by Crippen LogP contribution is -2.29. The molecule has 3 N–H and O–H groups in total. The fourth-order valence-electron chi connectivity index (χ4n) is 4.91. The largest absolute Gasteiger partial charge is 0.456 e. The summed E-state index contributed by atoms with van der Waals surface area (Å²) in [6.45, 7) is 13.1. The van der Waals surface area contributed by atoms with Crippen LogP contribution < -0.4 is 25.9 Å². The monoisotopic (exact) mass is 485 g/mol. The maximum Gasteiger partial charge on any atom is 0.251 e. The third kappa shape index (κ3) is 4.86. The molecule has 0 aromatic heterocycles. The fourth-order valence-corrected chi connectivity index (χ4v) is 4.91. The summed E-state index contributed by atoms with van der Waals surface area (Å²) in [4.78, 5) is 15.4. The minimum atomic E-state index is -0.127. The molecule has 0 spiro atoms. The molecule has 0 radical (unpaired) electrons. The first-order chi connectivity index (χ1) is 17.6. The number of anilines is 1. The van der Waals surface area contributed by atoms with Crippen molar-refractivity contribution in [1.29, 1.82) is 0 Å². The number of carbonyl (C=O) groups is 1. The van der Waals surface area contributed by atoms with Crippen LogP contribution in [0.1, 0.15) is 38.1 Å². The number of nitrogens with one attached hydrogen (secondary N) is 1. The van der Waals surface area contributed by atoms with Crippen molar-refractivity contribution >= 4 is 22.6 Å². The van der Waals surface area contributed by atoms with Gasteiger partial charge in [0.15, 0.2) is 0 Å². The highest BCUT2D eigenvalue weighted by Gasteiger charge is 2.22. The molecule has 1 aliphatic heterocycles. The van der Waals surface area contributed by atoms with Gasteiger partial charge >= 0.3 is 0 Å². The lowest BCUT2D eigenvalue weighted by molar-refractivity contribution is 0.0955. The van der Waals surface area contributed by atoms with Crippen molar-refractivity contribution in [2.45, 2.75) is 27.7 Å². The lowest BCUT2D eigenvalue weighted by atomic mass is 9.90. The number of carbonyl (C=O) groups excluding carboxylic acids is 1. The second-order valence-corrected chi connectivity index (χ2v) is 8.77. The minimum absolute atomic E-state index is 0.127. The Morgan fingerprint density at radius 1 is 0.944 bits per heavy atom. The van der Waals surface area contributed by atoms with Crippen LogP contribution in [-0.4, -0.2) is 45.2 Å². The lowest BCUT2D eigenvalue weighted by Gasteiger charge is -2.22. The van der Waals surface area contributed by atoms with Crippen LogP contribution in [0.15, 0.2) is 65.1 Å². The van der Waals surface area contributed by atoms with Crippen LogP contribution in [0.4, 0.5) is 5.69 Å². The van der Waals surface area contributed by atoms with Crippen molar-refractivity contribution in [3.8, 4) is 22.5 Å². The second-order valence-electron chi connectivity index (χ2n) is 8.77. The normalized spacial score (nSPS) is 11.1. The molecule has 1 amide bonds. The second kappa shape index (κ2) is 11.4. The molecule has 6 heteroatoms. The zero-order valence-corrected chi connectivity index (χ0v) is 21.8. The van der Waals surface area contributed by atoms with E-state index in [2.05, 4.69) is 78.9 Å². The van der Waals surface area contributed by atoms with E-state index in [0.717, 1.165) is 70.6 Å². The highest BCUT2D eigenvalue weighted by molar-refractivity contribution is 6.09. The number of rotatable bonds is 9. The Kier molecular flexibility index (Phi) is 8.06. The molecule has 2 aliphatic rings. The first kappa shape index (κ1) is 25.5. The number of benzene rings is 3. The number of nitrogens with zero attached hydrogens (tertiary/aromatic N) is 2. The molecule has 2 aromatic carbocycles. The van der Waals surface area contributed by atoms with E-state index in [1.807, 2.05) is 24.3 Å². The van der Waals surface area contributed by atoms with Crippen LogP contribution >= 0.6 is 0 Å². The van der Waals surface area contributed by atoms with Crippen molar-refractivity contribution in [2.75, 3.05) is 44.2 Å². The van der Waals surface area contributed by atoms with Crippen LogP contribution in [0.3, 0.4) is 0 Å². The van der Waals surface area contributed by atoms with E-state index in [-0.39, 0.29) is 5.91 Å².